The average molecular weight is 358 g/mol. The van der Waals surface area contributed by atoms with Crippen molar-refractivity contribution in [2.24, 2.45) is 0 Å². The second-order valence-electron chi connectivity index (χ2n) is 3.34. The molecule has 1 aromatic rings. The van der Waals surface area contributed by atoms with E-state index in [1.165, 1.54) is 22.6 Å². The molecule has 1 rings (SSSR count). The molecule has 0 aliphatic rings. The summed E-state index contributed by atoms with van der Waals surface area (Å²) in [7, 11) is 0. The van der Waals surface area contributed by atoms with Crippen LogP contribution in [0.5, 0.6) is 0 Å². The Balaban J connectivity index is 2.94. The quantitative estimate of drug-likeness (QED) is 0.270. The van der Waals surface area contributed by atoms with Gasteiger partial charge in [0.15, 0.2) is 17.5 Å². The molecule has 0 bridgehead atoms. The fraction of sp³-hybridized carbons (Fsp3) is 0.364. The number of carbonyl (C=O) groups excluding carboxylic acids is 1. The first-order valence-corrected chi connectivity index (χ1v) is 6.07. The van der Waals surface area contributed by atoms with Crippen LogP contribution >= 0.6 is 22.6 Å². The monoisotopic (exact) mass is 358 g/mol. The molecule has 2 nitrogen and oxygen atoms in total. The number of ether oxygens (including phenoxy) is 1. The topological polar surface area (TPSA) is 26.3 Å². The lowest BCUT2D eigenvalue weighted by Crippen LogP contribution is -2.11. The molecule has 94 valence electrons. The lowest BCUT2D eigenvalue weighted by molar-refractivity contribution is 0.0493. The van der Waals surface area contributed by atoms with E-state index in [1.807, 2.05) is 6.92 Å². The Hall–Kier alpha value is -0.790. The summed E-state index contributed by atoms with van der Waals surface area (Å²) in [6.07, 6.45) is 1.44. The molecule has 0 atom stereocenters. The number of rotatable bonds is 4. The van der Waals surface area contributed by atoms with Crippen LogP contribution in [0.3, 0.4) is 0 Å². The van der Waals surface area contributed by atoms with Gasteiger partial charge in [-0.1, -0.05) is 13.3 Å². The van der Waals surface area contributed by atoms with E-state index < -0.39 is 32.6 Å². The molecule has 0 amide bonds. The van der Waals surface area contributed by atoms with Gasteiger partial charge in [-0.05, 0) is 35.1 Å². The third-order valence-electron chi connectivity index (χ3n) is 2.05. The number of esters is 1. The van der Waals surface area contributed by atoms with Gasteiger partial charge in [0.2, 0.25) is 0 Å². The average Bonchev–Trinajstić information content (AvgIpc) is 2.31. The summed E-state index contributed by atoms with van der Waals surface area (Å²) in [6.45, 7) is 2.03. The molecule has 17 heavy (non-hydrogen) atoms. The predicted molar refractivity (Wildman–Crippen MR) is 64.2 cm³/mol. The number of benzene rings is 1. The van der Waals surface area contributed by atoms with Crippen LogP contribution < -0.4 is 0 Å². The third-order valence-corrected chi connectivity index (χ3v) is 3.00. The molecule has 0 aliphatic heterocycles. The van der Waals surface area contributed by atoms with Crippen LogP contribution in [0.15, 0.2) is 6.07 Å². The molecule has 0 spiro atoms. The lowest BCUT2D eigenvalue weighted by Gasteiger charge is -2.07. The number of hydrogen-bond donors (Lipinski definition) is 0. The smallest absolute Gasteiger partial charge is 0.341 e. The van der Waals surface area contributed by atoms with Crippen molar-refractivity contribution in [3.05, 3.63) is 32.7 Å². The predicted octanol–water partition coefficient (Wildman–Crippen LogP) is 3.67. The normalized spacial score (nSPS) is 10.4. The summed E-state index contributed by atoms with van der Waals surface area (Å²) in [5.74, 6) is -4.63. The van der Waals surface area contributed by atoms with E-state index in [-0.39, 0.29) is 6.61 Å². The highest BCUT2D eigenvalue weighted by Gasteiger charge is 2.22. The van der Waals surface area contributed by atoms with Crippen molar-refractivity contribution in [2.45, 2.75) is 19.8 Å². The number of carbonyl (C=O) groups is 1. The van der Waals surface area contributed by atoms with Crippen molar-refractivity contribution in [2.75, 3.05) is 6.61 Å². The molecule has 0 heterocycles. The van der Waals surface area contributed by atoms with Crippen molar-refractivity contribution in [3.8, 4) is 0 Å². The molecule has 0 unspecified atom stereocenters. The summed E-state index contributed by atoms with van der Waals surface area (Å²) in [5, 5.41) is 0. The van der Waals surface area contributed by atoms with Crippen molar-refractivity contribution in [3.63, 3.8) is 0 Å². The van der Waals surface area contributed by atoms with Crippen molar-refractivity contribution in [1.29, 1.82) is 0 Å². The molecule has 6 heteroatoms. The second kappa shape index (κ2) is 6.23. The third kappa shape index (κ3) is 3.34. The van der Waals surface area contributed by atoms with Crippen molar-refractivity contribution in [1.82, 2.24) is 0 Å². The highest BCUT2D eigenvalue weighted by atomic mass is 127. The molecule has 0 N–H and O–H groups in total. The molecule has 1 aromatic carbocycles. The van der Waals surface area contributed by atoms with Crippen LogP contribution in [0.4, 0.5) is 13.2 Å². The minimum Gasteiger partial charge on any atom is -0.462 e. The highest BCUT2D eigenvalue weighted by molar-refractivity contribution is 14.1. The van der Waals surface area contributed by atoms with Crippen molar-refractivity contribution >= 4 is 28.6 Å². The van der Waals surface area contributed by atoms with Gasteiger partial charge in [0.1, 0.15) is 0 Å². The summed E-state index contributed by atoms with van der Waals surface area (Å²) in [4.78, 5) is 11.4. The van der Waals surface area contributed by atoms with E-state index in [1.54, 1.807) is 0 Å². The van der Waals surface area contributed by atoms with Gasteiger partial charge in [0.05, 0.1) is 15.7 Å². The van der Waals surface area contributed by atoms with Gasteiger partial charge in [0, 0.05) is 0 Å². The maximum absolute atomic E-state index is 13.5. The largest absolute Gasteiger partial charge is 0.462 e. The maximum Gasteiger partial charge on any atom is 0.341 e. The molecule has 0 aliphatic carbocycles. The first-order chi connectivity index (χ1) is 7.99. The number of halogens is 4. The van der Waals surface area contributed by atoms with E-state index in [0.717, 1.165) is 6.42 Å². The van der Waals surface area contributed by atoms with Crippen LogP contribution in [-0.2, 0) is 4.74 Å². The molecular formula is C11H10F3IO2. The summed E-state index contributed by atoms with van der Waals surface area (Å²) < 4.78 is 43.6. The van der Waals surface area contributed by atoms with E-state index in [0.29, 0.717) is 12.5 Å². The van der Waals surface area contributed by atoms with Crippen LogP contribution in [0.25, 0.3) is 0 Å². The fourth-order valence-electron chi connectivity index (χ4n) is 1.11. The Morgan fingerprint density at radius 2 is 2.00 bits per heavy atom. The van der Waals surface area contributed by atoms with Gasteiger partial charge in [-0.3, -0.25) is 0 Å². The molecule has 0 saturated heterocycles. The fourth-order valence-corrected chi connectivity index (χ4v) is 1.66. The maximum atomic E-state index is 13.5. The first kappa shape index (κ1) is 14.3. The molecular weight excluding hydrogens is 348 g/mol. The van der Waals surface area contributed by atoms with Gasteiger partial charge >= 0.3 is 5.97 Å². The summed E-state index contributed by atoms with van der Waals surface area (Å²) in [6, 6.07) is 0.515. The van der Waals surface area contributed by atoms with Crippen LogP contribution in [0.2, 0.25) is 0 Å². The van der Waals surface area contributed by atoms with Gasteiger partial charge in [-0.2, -0.15) is 0 Å². The van der Waals surface area contributed by atoms with Crippen LogP contribution in [0, 0.1) is 21.0 Å². The minimum absolute atomic E-state index is 0.129. The minimum atomic E-state index is -1.30. The molecule has 0 saturated carbocycles. The summed E-state index contributed by atoms with van der Waals surface area (Å²) >= 11 is 1.30. The zero-order valence-corrected chi connectivity index (χ0v) is 11.2. The van der Waals surface area contributed by atoms with Crippen LogP contribution in [-0.4, -0.2) is 12.6 Å². The van der Waals surface area contributed by atoms with E-state index in [2.05, 4.69) is 0 Å². The number of unbranched alkanes of at least 4 members (excludes halogenated alkanes) is 1. The summed E-state index contributed by atoms with van der Waals surface area (Å²) in [5.41, 5.74) is -0.579. The SMILES string of the molecule is CCCCOC(=O)c1cc(F)c(F)c(I)c1F. The number of hydrogen-bond acceptors (Lipinski definition) is 2. The lowest BCUT2D eigenvalue weighted by atomic mass is 10.2. The van der Waals surface area contributed by atoms with Crippen LogP contribution in [0.1, 0.15) is 30.1 Å². The standard InChI is InChI=1S/C11H10F3IO2/c1-2-3-4-17-11(16)6-5-7(12)9(14)10(15)8(6)13/h5H,2-4H2,1H3. The zero-order valence-electron chi connectivity index (χ0n) is 9.03. The van der Waals surface area contributed by atoms with Gasteiger partial charge in [-0.15, -0.1) is 0 Å². The zero-order chi connectivity index (χ0) is 13.0. The Kier molecular flexibility index (Phi) is 5.23. The van der Waals surface area contributed by atoms with Gasteiger partial charge in [0.25, 0.3) is 0 Å². The Bertz CT molecular complexity index is 435. The van der Waals surface area contributed by atoms with Gasteiger partial charge in [-0.25, -0.2) is 18.0 Å². The highest BCUT2D eigenvalue weighted by Crippen LogP contribution is 2.22. The van der Waals surface area contributed by atoms with Gasteiger partial charge < -0.3 is 4.74 Å². The Morgan fingerprint density at radius 3 is 2.59 bits per heavy atom. The Morgan fingerprint density at radius 1 is 1.35 bits per heavy atom. The first-order valence-electron chi connectivity index (χ1n) is 4.99. The van der Waals surface area contributed by atoms with E-state index in [4.69, 9.17) is 4.74 Å². The van der Waals surface area contributed by atoms with E-state index >= 15 is 0 Å². The van der Waals surface area contributed by atoms with E-state index in [9.17, 15) is 18.0 Å². The molecule has 0 aromatic heterocycles. The Labute approximate surface area is 110 Å². The second-order valence-corrected chi connectivity index (χ2v) is 4.42. The molecule has 0 fully saturated rings. The molecule has 0 radical (unpaired) electrons. The van der Waals surface area contributed by atoms with Crippen molar-refractivity contribution < 1.29 is 22.7 Å².